The number of nitrogens with zero attached hydrogens (tertiary/aromatic N) is 1. The van der Waals surface area contributed by atoms with E-state index in [0.717, 1.165) is 12.8 Å². The van der Waals surface area contributed by atoms with Gasteiger partial charge < -0.3 is 20.1 Å². The predicted octanol–water partition coefficient (Wildman–Crippen LogP) is 2.61. The number of carbonyl (C=O) groups excluding carboxylic acids is 1. The fourth-order valence-corrected chi connectivity index (χ4v) is 4.00. The van der Waals surface area contributed by atoms with Crippen LogP contribution in [0.15, 0.2) is 18.2 Å². The molecule has 5 nitrogen and oxygen atoms in total. The molecule has 1 aliphatic heterocycles. The average molecular weight is 364 g/mol. The van der Waals surface area contributed by atoms with E-state index in [-0.39, 0.29) is 24.8 Å². The predicted molar refractivity (Wildman–Crippen MR) is 97.4 cm³/mol. The first-order chi connectivity index (χ1) is 12.5. The number of methoxy groups -OCH3 is 1. The van der Waals surface area contributed by atoms with Crippen LogP contribution in [0.5, 0.6) is 5.75 Å². The van der Waals surface area contributed by atoms with Gasteiger partial charge in [0, 0.05) is 31.2 Å². The van der Waals surface area contributed by atoms with Gasteiger partial charge in [0.05, 0.1) is 7.11 Å². The Bertz CT molecular complexity index is 633. The molecule has 2 fully saturated rings. The van der Waals surface area contributed by atoms with Gasteiger partial charge in [0.15, 0.2) is 5.60 Å². The maximum absolute atomic E-state index is 14.1. The fraction of sp³-hybridized carbons (Fsp3) is 0.650. The first-order valence-corrected chi connectivity index (χ1v) is 9.59. The van der Waals surface area contributed by atoms with E-state index in [1.54, 1.807) is 17.0 Å². The summed E-state index contributed by atoms with van der Waals surface area (Å²) in [6, 6.07) is 4.89. The Balaban J connectivity index is 1.64. The van der Waals surface area contributed by atoms with Crippen LogP contribution in [0.1, 0.15) is 50.5 Å². The molecule has 0 unspecified atom stereocenters. The van der Waals surface area contributed by atoms with Crippen molar-refractivity contribution in [2.24, 2.45) is 0 Å². The monoisotopic (exact) mass is 364 g/mol. The third-order valence-corrected chi connectivity index (χ3v) is 5.61. The number of amides is 1. The molecule has 1 saturated carbocycles. The number of ether oxygens (including phenoxy) is 1. The summed E-state index contributed by atoms with van der Waals surface area (Å²) in [6.45, 7) is 0.947. The van der Waals surface area contributed by atoms with Crippen LogP contribution < -0.4 is 10.1 Å². The Morgan fingerprint density at radius 1 is 1.31 bits per heavy atom. The lowest BCUT2D eigenvalue weighted by Gasteiger charge is -2.39. The van der Waals surface area contributed by atoms with Gasteiger partial charge in [-0.1, -0.05) is 19.3 Å². The number of piperidine rings is 1. The normalized spacial score (nSPS) is 24.7. The lowest BCUT2D eigenvalue weighted by molar-refractivity contribution is -0.157. The maximum atomic E-state index is 14.1. The van der Waals surface area contributed by atoms with Crippen LogP contribution in [0.4, 0.5) is 4.39 Å². The lowest BCUT2D eigenvalue weighted by atomic mass is 9.89. The molecule has 2 aliphatic rings. The molecule has 1 atom stereocenters. The van der Waals surface area contributed by atoms with Crippen molar-refractivity contribution < 1.29 is 19.0 Å². The molecule has 0 spiro atoms. The second-order valence-corrected chi connectivity index (χ2v) is 7.54. The van der Waals surface area contributed by atoms with E-state index < -0.39 is 5.60 Å². The minimum atomic E-state index is -1.40. The van der Waals surface area contributed by atoms with E-state index in [1.807, 2.05) is 0 Å². The van der Waals surface area contributed by atoms with E-state index in [4.69, 9.17) is 4.74 Å². The molecule has 1 aromatic carbocycles. The minimum absolute atomic E-state index is 0.146. The van der Waals surface area contributed by atoms with Crippen molar-refractivity contribution in [3.8, 4) is 5.75 Å². The van der Waals surface area contributed by atoms with E-state index in [1.165, 1.54) is 32.4 Å². The van der Waals surface area contributed by atoms with Crippen molar-refractivity contribution >= 4 is 5.91 Å². The fourth-order valence-electron chi connectivity index (χ4n) is 4.00. The van der Waals surface area contributed by atoms with Gasteiger partial charge in [0.25, 0.3) is 5.91 Å². The molecule has 3 rings (SSSR count). The summed E-state index contributed by atoms with van der Waals surface area (Å²) in [7, 11) is 1.53. The number of rotatable bonds is 6. The molecule has 2 N–H and O–H groups in total. The standard InChI is InChI=1S/C20H29FN2O3/c1-26-17-8-9-18(21)15(12-17)13-23-11-5-10-20(25,19(23)24)14-22-16-6-3-2-4-7-16/h8-9,12,16,22,25H,2-7,10-11,13-14H2,1H3/t20-/m1/s1. The summed E-state index contributed by atoms with van der Waals surface area (Å²) in [5, 5.41) is 14.3. The molecule has 144 valence electrons. The SMILES string of the molecule is COc1ccc(F)c(CN2CCC[C@@](O)(CNC3CCCCC3)C2=O)c1. The first kappa shape index (κ1) is 19.1. The highest BCUT2D eigenvalue weighted by atomic mass is 19.1. The summed E-state index contributed by atoms with van der Waals surface area (Å²) in [6.07, 6.45) is 7.02. The van der Waals surface area contributed by atoms with Crippen LogP contribution in [0, 0.1) is 5.82 Å². The zero-order chi connectivity index (χ0) is 18.6. The number of benzene rings is 1. The van der Waals surface area contributed by atoms with Crippen LogP contribution >= 0.6 is 0 Å². The second kappa shape index (κ2) is 8.35. The second-order valence-electron chi connectivity index (χ2n) is 7.54. The van der Waals surface area contributed by atoms with Crippen molar-refractivity contribution in [1.29, 1.82) is 0 Å². The van der Waals surface area contributed by atoms with Gasteiger partial charge in [0.1, 0.15) is 11.6 Å². The van der Waals surface area contributed by atoms with Gasteiger partial charge in [-0.3, -0.25) is 4.79 Å². The lowest BCUT2D eigenvalue weighted by Crippen LogP contribution is -2.58. The number of hydrogen-bond donors (Lipinski definition) is 2. The summed E-state index contributed by atoms with van der Waals surface area (Å²) >= 11 is 0. The maximum Gasteiger partial charge on any atom is 0.256 e. The van der Waals surface area contributed by atoms with E-state index in [2.05, 4.69) is 5.32 Å². The highest BCUT2D eigenvalue weighted by molar-refractivity contribution is 5.86. The van der Waals surface area contributed by atoms with Crippen LogP contribution in [-0.2, 0) is 11.3 Å². The Hall–Kier alpha value is -1.66. The molecule has 0 radical (unpaired) electrons. The Labute approximate surface area is 154 Å². The third kappa shape index (κ3) is 4.35. The van der Waals surface area contributed by atoms with Gasteiger partial charge >= 0.3 is 0 Å². The largest absolute Gasteiger partial charge is 0.497 e. The highest BCUT2D eigenvalue weighted by Gasteiger charge is 2.42. The van der Waals surface area contributed by atoms with Gasteiger partial charge in [0.2, 0.25) is 0 Å². The molecule has 1 saturated heterocycles. The Morgan fingerprint density at radius 2 is 2.08 bits per heavy atom. The van der Waals surface area contributed by atoms with E-state index in [0.29, 0.717) is 36.7 Å². The average Bonchev–Trinajstić information content (AvgIpc) is 2.66. The molecule has 0 aromatic heterocycles. The van der Waals surface area contributed by atoms with Crippen LogP contribution in [0.2, 0.25) is 0 Å². The number of halogens is 1. The molecule has 1 amide bonds. The number of nitrogens with one attached hydrogen (secondary N) is 1. The van der Waals surface area contributed by atoms with Crippen molar-refractivity contribution in [2.75, 3.05) is 20.2 Å². The zero-order valence-corrected chi connectivity index (χ0v) is 15.5. The zero-order valence-electron chi connectivity index (χ0n) is 15.5. The summed E-state index contributed by atoms with van der Waals surface area (Å²) < 4.78 is 19.2. The molecule has 1 heterocycles. The molecule has 26 heavy (non-hydrogen) atoms. The molecular weight excluding hydrogens is 335 g/mol. The van der Waals surface area contributed by atoms with Gasteiger partial charge in [-0.15, -0.1) is 0 Å². The Morgan fingerprint density at radius 3 is 2.81 bits per heavy atom. The Kier molecular flexibility index (Phi) is 6.14. The van der Waals surface area contributed by atoms with Crippen LogP contribution in [0.25, 0.3) is 0 Å². The van der Waals surface area contributed by atoms with Crippen molar-refractivity contribution in [3.05, 3.63) is 29.6 Å². The van der Waals surface area contributed by atoms with Gasteiger partial charge in [-0.2, -0.15) is 0 Å². The quantitative estimate of drug-likeness (QED) is 0.815. The van der Waals surface area contributed by atoms with Crippen molar-refractivity contribution in [3.63, 3.8) is 0 Å². The first-order valence-electron chi connectivity index (χ1n) is 9.59. The minimum Gasteiger partial charge on any atom is -0.497 e. The summed E-state index contributed by atoms with van der Waals surface area (Å²) in [5.74, 6) is -0.123. The van der Waals surface area contributed by atoms with Crippen LogP contribution in [0.3, 0.4) is 0 Å². The van der Waals surface area contributed by atoms with E-state index >= 15 is 0 Å². The van der Waals surface area contributed by atoms with Gasteiger partial charge in [-0.25, -0.2) is 4.39 Å². The summed E-state index contributed by atoms with van der Waals surface area (Å²) in [5.41, 5.74) is -0.993. The van der Waals surface area contributed by atoms with Crippen molar-refractivity contribution in [2.45, 2.75) is 63.1 Å². The van der Waals surface area contributed by atoms with E-state index in [9.17, 15) is 14.3 Å². The third-order valence-electron chi connectivity index (χ3n) is 5.61. The number of likely N-dealkylation sites (tertiary alicyclic amines) is 1. The van der Waals surface area contributed by atoms with Crippen molar-refractivity contribution in [1.82, 2.24) is 10.2 Å². The number of aliphatic hydroxyl groups is 1. The van der Waals surface area contributed by atoms with Crippen LogP contribution in [-0.4, -0.2) is 47.8 Å². The molecule has 1 aliphatic carbocycles. The molecule has 6 heteroatoms. The molecule has 0 bridgehead atoms. The number of hydrogen-bond acceptors (Lipinski definition) is 4. The topological polar surface area (TPSA) is 61.8 Å². The summed E-state index contributed by atoms with van der Waals surface area (Å²) in [4.78, 5) is 14.4. The molecule has 1 aromatic rings. The highest BCUT2D eigenvalue weighted by Crippen LogP contribution is 2.26. The van der Waals surface area contributed by atoms with Gasteiger partial charge in [-0.05, 0) is 43.9 Å². The molecular formula is C20H29FN2O3. The smallest absolute Gasteiger partial charge is 0.256 e. The number of carbonyl (C=O) groups is 1.